The van der Waals surface area contributed by atoms with Crippen LogP contribution in [0.5, 0.6) is 0 Å². The molecule has 0 amide bonds. The van der Waals surface area contributed by atoms with Gasteiger partial charge in [-0.05, 0) is 49.4 Å². The van der Waals surface area contributed by atoms with Crippen LogP contribution in [0.1, 0.15) is 357 Å². The van der Waals surface area contributed by atoms with Gasteiger partial charge in [0.15, 0.2) is 12.2 Å². The number of rotatable bonds is 69. The predicted molar refractivity (Wildman–Crippen MR) is 367 cm³/mol. The lowest BCUT2D eigenvalue weighted by molar-refractivity contribution is -0.161. The van der Waals surface area contributed by atoms with E-state index in [1.165, 1.54) is 161 Å². The molecule has 540 valence electrons. The molecule has 0 bridgehead atoms. The van der Waals surface area contributed by atoms with Crippen molar-refractivity contribution in [2.24, 2.45) is 23.7 Å². The standard InChI is InChI=1S/C72H140O17P2/c1-62(2)48-40-32-24-18-15-13-11-9-10-12-14-16-20-27-36-44-52-69(74)82-59-68(89-72(77)55-47-39-31-30-35-43-51-65(7)8)61-87-91(80,81)85-57-66(73)56-84-90(78,79)86-60-67(58-83-70(75)53-45-37-28-23-22-26-34-42-50-64(5)6)88-71(76)54-46-38-29-21-17-19-25-33-41-49-63(3)4/h62-68,73H,9-61H2,1-8H3,(H,78,79)(H,80,81)/t66?,67-,68-/m1/s1. The average Bonchev–Trinajstić information content (AvgIpc) is 3.26. The van der Waals surface area contributed by atoms with E-state index in [9.17, 15) is 43.2 Å². The molecule has 3 N–H and O–H groups in total. The number of ether oxygens (including phenoxy) is 4. The first-order valence-corrected chi connectivity index (χ1v) is 40.2. The molecule has 0 saturated carbocycles. The Morgan fingerprint density at radius 2 is 0.462 bits per heavy atom. The summed E-state index contributed by atoms with van der Waals surface area (Å²) < 4.78 is 68.3. The van der Waals surface area contributed by atoms with E-state index in [2.05, 4.69) is 55.4 Å². The van der Waals surface area contributed by atoms with Gasteiger partial charge in [-0.1, -0.05) is 306 Å². The topological polar surface area (TPSA) is 237 Å². The van der Waals surface area contributed by atoms with E-state index < -0.39 is 97.5 Å². The second-order valence-electron chi connectivity index (χ2n) is 27.9. The summed E-state index contributed by atoms with van der Waals surface area (Å²) in [4.78, 5) is 72.5. The SMILES string of the molecule is CC(C)CCCCCCCCCCCCCCCCCCC(=O)OC[C@H](COP(=O)(O)OCC(O)COP(=O)(O)OC[C@@H](COC(=O)CCCCCCCCCCC(C)C)OC(=O)CCCCCCCCCCCC(C)C)OC(=O)CCCCCCCCC(C)C. The van der Waals surface area contributed by atoms with Crippen molar-refractivity contribution in [1.29, 1.82) is 0 Å². The zero-order chi connectivity index (χ0) is 67.5. The molecule has 5 atom stereocenters. The molecule has 0 radical (unpaired) electrons. The minimum Gasteiger partial charge on any atom is -0.462 e. The van der Waals surface area contributed by atoms with Crippen molar-refractivity contribution in [2.75, 3.05) is 39.6 Å². The van der Waals surface area contributed by atoms with Crippen LogP contribution in [-0.4, -0.2) is 96.7 Å². The van der Waals surface area contributed by atoms with Crippen molar-refractivity contribution < 1.29 is 80.2 Å². The van der Waals surface area contributed by atoms with Gasteiger partial charge in [-0.15, -0.1) is 0 Å². The summed E-state index contributed by atoms with van der Waals surface area (Å²) in [6.45, 7) is 14.0. The Morgan fingerprint density at radius 3 is 0.681 bits per heavy atom. The van der Waals surface area contributed by atoms with Gasteiger partial charge >= 0.3 is 39.5 Å². The monoisotopic (exact) mass is 1340 g/mol. The van der Waals surface area contributed by atoms with E-state index in [0.29, 0.717) is 31.6 Å². The number of hydrogen-bond acceptors (Lipinski definition) is 15. The zero-order valence-electron chi connectivity index (χ0n) is 59.5. The third-order valence-electron chi connectivity index (χ3n) is 16.6. The van der Waals surface area contributed by atoms with Gasteiger partial charge < -0.3 is 33.8 Å². The van der Waals surface area contributed by atoms with Gasteiger partial charge in [0.1, 0.15) is 19.3 Å². The highest BCUT2D eigenvalue weighted by atomic mass is 31.2. The number of aliphatic hydroxyl groups excluding tert-OH is 1. The van der Waals surface area contributed by atoms with Gasteiger partial charge in [0.2, 0.25) is 0 Å². The van der Waals surface area contributed by atoms with E-state index in [0.717, 1.165) is 108 Å². The largest absolute Gasteiger partial charge is 0.472 e. The number of carbonyl (C=O) groups excluding carboxylic acids is 4. The maximum absolute atomic E-state index is 13.0. The van der Waals surface area contributed by atoms with Gasteiger partial charge in [-0.25, -0.2) is 9.13 Å². The van der Waals surface area contributed by atoms with Crippen LogP contribution < -0.4 is 0 Å². The second-order valence-corrected chi connectivity index (χ2v) is 30.8. The maximum atomic E-state index is 13.0. The molecule has 17 nitrogen and oxygen atoms in total. The van der Waals surface area contributed by atoms with Crippen molar-refractivity contribution in [2.45, 2.75) is 375 Å². The van der Waals surface area contributed by atoms with Gasteiger partial charge in [0, 0.05) is 25.7 Å². The molecule has 0 heterocycles. The molecule has 91 heavy (non-hydrogen) atoms. The number of phosphoric ester groups is 2. The van der Waals surface area contributed by atoms with Crippen LogP contribution in [0.3, 0.4) is 0 Å². The summed E-state index contributed by atoms with van der Waals surface area (Å²) >= 11 is 0. The third-order valence-corrected chi connectivity index (χ3v) is 18.5. The molecule has 0 aliphatic carbocycles. The molecule has 3 unspecified atom stereocenters. The fourth-order valence-corrected chi connectivity index (χ4v) is 12.4. The molecule has 0 rings (SSSR count). The van der Waals surface area contributed by atoms with E-state index >= 15 is 0 Å². The molecular formula is C72H140O17P2. The average molecular weight is 1340 g/mol. The minimum atomic E-state index is -4.95. The molecule has 0 saturated heterocycles. The van der Waals surface area contributed by atoms with Crippen LogP contribution in [-0.2, 0) is 65.4 Å². The Labute approximate surface area is 556 Å². The fourth-order valence-electron chi connectivity index (χ4n) is 10.8. The van der Waals surface area contributed by atoms with Gasteiger partial charge in [-0.2, -0.15) is 0 Å². The Hall–Kier alpha value is -1.94. The number of aliphatic hydroxyl groups is 1. The van der Waals surface area contributed by atoms with Gasteiger partial charge in [-0.3, -0.25) is 37.3 Å². The number of esters is 4. The van der Waals surface area contributed by atoms with Crippen LogP contribution in [0, 0.1) is 23.7 Å². The normalized spacial score (nSPS) is 14.2. The van der Waals surface area contributed by atoms with Crippen molar-refractivity contribution in [3.05, 3.63) is 0 Å². The van der Waals surface area contributed by atoms with Crippen LogP contribution in [0.25, 0.3) is 0 Å². The first kappa shape index (κ1) is 89.1. The van der Waals surface area contributed by atoms with Gasteiger partial charge in [0.25, 0.3) is 0 Å². The predicted octanol–water partition coefficient (Wildman–Crippen LogP) is 20.5. The Kier molecular flexibility index (Phi) is 60.3. The molecule has 0 aliphatic heterocycles. The molecular weight excluding hydrogens is 1200 g/mol. The van der Waals surface area contributed by atoms with E-state index in [-0.39, 0.29) is 25.7 Å². The van der Waals surface area contributed by atoms with Crippen molar-refractivity contribution in [3.63, 3.8) is 0 Å². The minimum absolute atomic E-state index is 0.102. The lowest BCUT2D eigenvalue weighted by Gasteiger charge is -2.21. The highest BCUT2D eigenvalue weighted by molar-refractivity contribution is 7.47. The summed E-state index contributed by atoms with van der Waals surface area (Å²) in [6.07, 6.45) is 44.8. The number of phosphoric acid groups is 2. The second kappa shape index (κ2) is 61.6. The van der Waals surface area contributed by atoms with Crippen LogP contribution in [0.2, 0.25) is 0 Å². The highest BCUT2D eigenvalue weighted by Gasteiger charge is 2.30. The molecule has 0 aromatic rings. The highest BCUT2D eigenvalue weighted by Crippen LogP contribution is 2.45. The van der Waals surface area contributed by atoms with Crippen molar-refractivity contribution in [3.8, 4) is 0 Å². The van der Waals surface area contributed by atoms with Crippen molar-refractivity contribution in [1.82, 2.24) is 0 Å². The molecule has 0 spiro atoms. The first-order chi connectivity index (χ1) is 43.6. The number of unbranched alkanes of at least 4 members (excludes halogenated alkanes) is 35. The lowest BCUT2D eigenvalue weighted by atomic mass is 10.0. The van der Waals surface area contributed by atoms with E-state index in [1.807, 2.05) is 0 Å². The lowest BCUT2D eigenvalue weighted by Crippen LogP contribution is -2.30. The Balaban J connectivity index is 5.16. The van der Waals surface area contributed by atoms with E-state index in [1.54, 1.807) is 0 Å². The smallest absolute Gasteiger partial charge is 0.462 e. The number of hydrogen-bond donors (Lipinski definition) is 3. The van der Waals surface area contributed by atoms with Gasteiger partial charge in [0.05, 0.1) is 26.4 Å². The quantitative estimate of drug-likeness (QED) is 0.0222. The summed E-state index contributed by atoms with van der Waals surface area (Å²) in [5.41, 5.74) is 0. The molecule has 0 aromatic carbocycles. The maximum Gasteiger partial charge on any atom is 0.472 e. The Bertz CT molecular complexity index is 1800. The fraction of sp³-hybridized carbons (Fsp3) is 0.944. The molecule has 0 aromatic heterocycles. The number of carbonyl (C=O) groups is 4. The van der Waals surface area contributed by atoms with Crippen LogP contribution in [0.15, 0.2) is 0 Å². The van der Waals surface area contributed by atoms with E-state index in [4.69, 9.17) is 37.0 Å². The van der Waals surface area contributed by atoms with Crippen LogP contribution >= 0.6 is 15.6 Å². The van der Waals surface area contributed by atoms with Crippen LogP contribution in [0.4, 0.5) is 0 Å². The first-order valence-electron chi connectivity index (χ1n) is 37.2. The Morgan fingerprint density at radius 1 is 0.275 bits per heavy atom. The molecule has 0 aliphatic rings. The summed E-state index contributed by atoms with van der Waals surface area (Å²) in [6, 6.07) is 0. The molecule has 19 heteroatoms. The third kappa shape index (κ3) is 66.5. The summed E-state index contributed by atoms with van der Waals surface area (Å²) in [5, 5.41) is 10.6. The molecule has 0 fully saturated rings. The summed E-state index contributed by atoms with van der Waals surface area (Å²) in [5.74, 6) is 0.812. The van der Waals surface area contributed by atoms with Crippen molar-refractivity contribution >= 4 is 39.5 Å². The zero-order valence-corrected chi connectivity index (χ0v) is 61.3. The summed E-state index contributed by atoms with van der Waals surface area (Å²) in [7, 11) is -9.90.